The molecule has 2 aromatic carbocycles. The molecule has 0 bridgehead atoms. The van der Waals surface area contributed by atoms with Gasteiger partial charge in [-0.1, -0.05) is 24.3 Å². The van der Waals surface area contributed by atoms with Gasteiger partial charge in [-0.15, -0.1) is 0 Å². The maximum Gasteiger partial charge on any atom is 0.491 e. The monoisotopic (exact) mass is 220 g/mol. The van der Waals surface area contributed by atoms with Crippen LogP contribution in [0, 0.1) is 5.82 Å². The normalized spacial score (nSPS) is 10.5. The third-order valence-corrected chi connectivity index (χ3v) is 2.47. The molecule has 0 saturated heterocycles. The molecule has 0 heterocycles. The molecule has 82 valence electrons. The first kappa shape index (κ1) is 10.9. The van der Waals surface area contributed by atoms with Gasteiger partial charge in [-0.25, -0.2) is 4.39 Å². The second kappa shape index (κ2) is 4.12. The van der Waals surface area contributed by atoms with Crippen molar-refractivity contribution in [3.05, 3.63) is 36.1 Å². The SMILES string of the molecule is COc1cc(B(O)O)c(F)c2ccccc12. The summed E-state index contributed by atoms with van der Waals surface area (Å²) in [6, 6.07) is 8.02. The minimum atomic E-state index is -1.85. The van der Waals surface area contributed by atoms with Crippen LogP contribution < -0.4 is 10.2 Å². The minimum Gasteiger partial charge on any atom is -0.496 e. The average Bonchev–Trinajstić information content (AvgIpc) is 2.29. The van der Waals surface area contributed by atoms with E-state index in [1.807, 2.05) is 0 Å². The molecule has 16 heavy (non-hydrogen) atoms. The molecule has 0 aliphatic carbocycles. The highest BCUT2D eigenvalue weighted by Gasteiger charge is 2.20. The molecule has 0 aliphatic heterocycles. The van der Waals surface area contributed by atoms with E-state index < -0.39 is 12.9 Å². The molecule has 0 spiro atoms. The highest BCUT2D eigenvalue weighted by Crippen LogP contribution is 2.26. The van der Waals surface area contributed by atoms with Crippen LogP contribution in [0.3, 0.4) is 0 Å². The Labute approximate surface area is 92.2 Å². The van der Waals surface area contributed by atoms with Crippen LogP contribution in [0.15, 0.2) is 30.3 Å². The summed E-state index contributed by atoms with van der Waals surface area (Å²) in [6.07, 6.45) is 0. The zero-order valence-corrected chi connectivity index (χ0v) is 8.64. The Morgan fingerprint density at radius 1 is 1.19 bits per heavy atom. The van der Waals surface area contributed by atoms with Gasteiger partial charge >= 0.3 is 7.12 Å². The molecule has 0 amide bonds. The number of fused-ring (bicyclic) bond motifs is 1. The lowest BCUT2D eigenvalue weighted by atomic mass is 9.78. The van der Waals surface area contributed by atoms with E-state index in [4.69, 9.17) is 14.8 Å². The Bertz CT molecular complexity index is 528. The number of ether oxygens (including phenoxy) is 1. The van der Waals surface area contributed by atoms with Gasteiger partial charge in [-0.3, -0.25) is 0 Å². The number of rotatable bonds is 2. The summed E-state index contributed by atoms with van der Waals surface area (Å²) in [5.74, 6) is -0.216. The van der Waals surface area contributed by atoms with Crippen molar-refractivity contribution in [2.45, 2.75) is 0 Å². The summed E-state index contributed by atoms with van der Waals surface area (Å²) >= 11 is 0. The van der Waals surface area contributed by atoms with Gasteiger partial charge in [-0.05, 0) is 6.07 Å². The lowest BCUT2D eigenvalue weighted by Crippen LogP contribution is -2.33. The van der Waals surface area contributed by atoms with E-state index in [-0.39, 0.29) is 5.46 Å². The Hall–Kier alpha value is -1.59. The lowest BCUT2D eigenvalue weighted by Gasteiger charge is -2.10. The molecule has 0 fully saturated rings. The van der Waals surface area contributed by atoms with E-state index in [0.29, 0.717) is 16.5 Å². The fraction of sp³-hybridized carbons (Fsp3) is 0.0909. The topological polar surface area (TPSA) is 49.7 Å². The predicted molar refractivity (Wildman–Crippen MR) is 60.3 cm³/mol. The van der Waals surface area contributed by atoms with Crippen molar-refractivity contribution in [1.29, 1.82) is 0 Å². The maximum atomic E-state index is 13.9. The standard InChI is InChI=1S/C11H10BFO3/c1-16-10-6-9(12(14)15)11(13)8-5-3-2-4-7(8)10/h2-6,14-15H,1H3. The summed E-state index contributed by atoms with van der Waals surface area (Å²) in [6.45, 7) is 0. The van der Waals surface area contributed by atoms with Crippen LogP contribution in [-0.2, 0) is 0 Å². The largest absolute Gasteiger partial charge is 0.496 e. The maximum absolute atomic E-state index is 13.9. The van der Waals surface area contributed by atoms with Gasteiger partial charge in [0, 0.05) is 16.2 Å². The highest BCUT2D eigenvalue weighted by atomic mass is 19.1. The molecule has 0 aliphatic rings. The molecular formula is C11H10BFO3. The number of hydrogen-bond acceptors (Lipinski definition) is 3. The first-order valence-corrected chi connectivity index (χ1v) is 4.76. The van der Waals surface area contributed by atoms with Crippen molar-refractivity contribution >= 4 is 23.4 Å². The van der Waals surface area contributed by atoms with Crippen molar-refractivity contribution in [2.24, 2.45) is 0 Å². The average molecular weight is 220 g/mol. The summed E-state index contributed by atoms with van der Waals surface area (Å²) in [4.78, 5) is 0. The molecule has 3 nitrogen and oxygen atoms in total. The van der Waals surface area contributed by atoms with Gasteiger partial charge in [0.25, 0.3) is 0 Å². The molecule has 0 atom stereocenters. The van der Waals surface area contributed by atoms with Crippen LogP contribution >= 0.6 is 0 Å². The predicted octanol–water partition coefficient (Wildman–Crippen LogP) is 0.667. The third-order valence-electron chi connectivity index (χ3n) is 2.47. The van der Waals surface area contributed by atoms with Crippen LogP contribution in [0.2, 0.25) is 0 Å². The highest BCUT2D eigenvalue weighted by molar-refractivity contribution is 6.59. The molecule has 0 saturated carbocycles. The molecular weight excluding hydrogens is 210 g/mol. The van der Waals surface area contributed by atoms with Crippen LogP contribution in [0.5, 0.6) is 5.75 Å². The zero-order chi connectivity index (χ0) is 11.7. The summed E-state index contributed by atoms with van der Waals surface area (Å²) in [7, 11) is -0.397. The Balaban J connectivity index is 2.83. The number of halogens is 1. The van der Waals surface area contributed by atoms with Crippen LogP contribution in [0.1, 0.15) is 0 Å². The van der Waals surface area contributed by atoms with Gasteiger partial charge in [0.05, 0.1) is 7.11 Å². The Kier molecular flexibility index (Phi) is 2.81. The lowest BCUT2D eigenvalue weighted by molar-refractivity contribution is 0.414. The molecule has 2 N–H and O–H groups in total. The van der Waals surface area contributed by atoms with E-state index >= 15 is 0 Å². The second-order valence-electron chi connectivity index (χ2n) is 3.40. The van der Waals surface area contributed by atoms with E-state index in [1.54, 1.807) is 24.3 Å². The zero-order valence-electron chi connectivity index (χ0n) is 8.64. The molecule has 0 radical (unpaired) electrons. The number of hydrogen-bond donors (Lipinski definition) is 2. The van der Waals surface area contributed by atoms with Crippen molar-refractivity contribution in [2.75, 3.05) is 7.11 Å². The van der Waals surface area contributed by atoms with Crippen molar-refractivity contribution in [1.82, 2.24) is 0 Å². The molecule has 2 aromatic rings. The van der Waals surface area contributed by atoms with Crippen LogP contribution in [0.4, 0.5) is 4.39 Å². The van der Waals surface area contributed by atoms with Crippen molar-refractivity contribution in [3.63, 3.8) is 0 Å². The second-order valence-corrected chi connectivity index (χ2v) is 3.40. The van der Waals surface area contributed by atoms with Crippen molar-refractivity contribution < 1.29 is 19.2 Å². The van der Waals surface area contributed by atoms with Gasteiger partial charge < -0.3 is 14.8 Å². The van der Waals surface area contributed by atoms with Crippen LogP contribution in [0.25, 0.3) is 10.8 Å². The Morgan fingerprint density at radius 3 is 2.38 bits per heavy atom. The number of methoxy groups -OCH3 is 1. The van der Waals surface area contributed by atoms with E-state index in [9.17, 15) is 4.39 Å². The van der Waals surface area contributed by atoms with E-state index in [1.165, 1.54) is 13.2 Å². The van der Waals surface area contributed by atoms with Gasteiger partial charge in [0.15, 0.2) is 0 Å². The molecule has 2 rings (SSSR count). The summed E-state index contributed by atoms with van der Waals surface area (Å²) < 4.78 is 18.9. The van der Waals surface area contributed by atoms with Crippen molar-refractivity contribution in [3.8, 4) is 5.75 Å². The molecule has 0 aromatic heterocycles. The fourth-order valence-electron chi connectivity index (χ4n) is 1.68. The smallest absolute Gasteiger partial charge is 0.491 e. The van der Waals surface area contributed by atoms with Gasteiger partial charge in [0.1, 0.15) is 11.6 Å². The van der Waals surface area contributed by atoms with E-state index in [2.05, 4.69) is 0 Å². The quantitative estimate of drug-likeness (QED) is 0.731. The van der Waals surface area contributed by atoms with E-state index in [0.717, 1.165) is 0 Å². The number of benzene rings is 2. The van der Waals surface area contributed by atoms with Gasteiger partial charge in [-0.2, -0.15) is 0 Å². The third kappa shape index (κ3) is 1.64. The molecule has 5 heteroatoms. The summed E-state index contributed by atoms with van der Waals surface area (Å²) in [5.41, 5.74) is -0.185. The summed E-state index contributed by atoms with van der Waals surface area (Å²) in [5, 5.41) is 19.0. The first-order valence-electron chi connectivity index (χ1n) is 4.76. The fourth-order valence-corrected chi connectivity index (χ4v) is 1.68. The van der Waals surface area contributed by atoms with Gasteiger partial charge in [0.2, 0.25) is 0 Å². The Morgan fingerprint density at radius 2 is 1.81 bits per heavy atom. The first-order chi connectivity index (χ1) is 7.65. The minimum absolute atomic E-state index is 0.185. The molecule has 0 unspecified atom stereocenters. The van der Waals surface area contributed by atoms with Crippen LogP contribution in [-0.4, -0.2) is 24.3 Å².